The number of pyridine rings is 2. The van der Waals surface area contributed by atoms with Crippen molar-refractivity contribution in [1.29, 1.82) is 0 Å². The molecule has 0 aliphatic carbocycles. The maximum atomic E-state index is 12.4. The fourth-order valence-corrected chi connectivity index (χ4v) is 4.12. The summed E-state index contributed by atoms with van der Waals surface area (Å²) in [6.07, 6.45) is 6.04. The maximum Gasteiger partial charge on any atom is 0.253 e. The Balaban J connectivity index is 1.45. The lowest BCUT2D eigenvalue weighted by Crippen LogP contribution is -2.32. The molecule has 1 N–H and O–H groups in total. The molecule has 0 aromatic carbocycles. The normalized spacial score (nSPS) is 13.3. The molecule has 1 aliphatic heterocycles. The molecule has 0 fully saturated rings. The highest BCUT2D eigenvalue weighted by molar-refractivity contribution is 7.15. The fourth-order valence-electron chi connectivity index (χ4n) is 3.20. The van der Waals surface area contributed by atoms with Crippen molar-refractivity contribution >= 4 is 34.7 Å². The summed E-state index contributed by atoms with van der Waals surface area (Å²) in [4.78, 5) is 28.5. The molecule has 6 nitrogen and oxygen atoms in total. The van der Waals surface area contributed by atoms with Gasteiger partial charge in [0.15, 0.2) is 4.47 Å². The molecule has 0 saturated heterocycles. The number of halogens is 1. The Bertz CT molecular complexity index is 990. The topological polar surface area (TPSA) is 71.0 Å². The van der Waals surface area contributed by atoms with Crippen molar-refractivity contribution in [1.82, 2.24) is 20.3 Å². The zero-order valence-corrected chi connectivity index (χ0v) is 16.3. The van der Waals surface area contributed by atoms with E-state index in [9.17, 15) is 4.79 Å². The number of thiazole rings is 1. The zero-order chi connectivity index (χ0) is 18.8. The van der Waals surface area contributed by atoms with E-state index in [0.717, 1.165) is 41.5 Å². The highest BCUT2D eigenvalue weighted by Crippen LogP contribution is 2.25. The summed E-state index contributed by atoms with van der Waals surface area (Å²) in [5, 5.41) is 2.88. The van der Waals surface area contributed by atoms with Gasteiger partial charge >= 0.3 is 0 Å². The van der Waals surface area contributed by atoms with Crippen molar-refractivity contribution in [3.63, 3.8) is 0 Å². The predicted molar refractivity (Wildman–Crippen MR) is 106 cm³/mol. The molecule has 0 radical (unpaired) electrons. The Hall–Kier alpha value is -2.51. The van der Waals surface area contributed by atoms with Gasteiger partial charge in [-0.25, -0.2) is 9.97 Å². The first-order valence-electron chi connectivity index (χ1n) is 8.63. The Morgan fingerprint density at radius 1 is 1.33 bits per heavy atom. The molecule has 0 bridgehead atoms. The van der Waals surface area contributed by atoms with Crippen molar-refractivity contribution in [3.05, 3.63) is 68.5 Å². The molecule has 4 rings (SSSR count). The SMILES string of the molecule is Cc1cc(C(=O)NCc2cnc(Cl)s2)cnc1N1CCc2ncccc2C1. The van der Waals surface area contributed by atoms with Crippen LogP contribution in [-0.2, 0) is 19.5 Å². The van der Waals surface area contributed by atoms with Crippen LogP contribution in [0.3, 0.4) is 0 Å². The van der Waals surface area contributed by atoms with Gasteiger partial charge in [-0.05, 0) is 30.2 Å². The monoisotopic (exact) mass is 399 g/mol. The first-order valence-corrected chi connectivity index (χ1v) is 9.82. The third kappa shape index (κ3) is 3.94. The number of fused-ring (bicyclic) bond motifs is 1. The molecule has 1 amide bonds. The molecule has 27 heavy (non-hydrogen) atoms. The molecule has 0 atom stereocenters. The molecular formula is C19H18ClN5OS. The number of nitrogens with one attached hydrogen (secondary N) is 1. The second-order valence-corrected chi connectivity index (χ2v) is 8.10. The minimum absolute atomic E-state index is 0.158. The number of aryl methyl sites for hydroxylation is 1. The van der Waals surface area contributed by atoms with Crippen LogP contribution in [0.2, 0.25) is 4.47 Å². The zero-order valence-electron chi connectivity index (χ0n) is 14.8. The van der Waals surface area contributed by atoms with Crippen molar-refractivity contribution in [2.45, 2.75) is 26.4 Å². The third-order valence-electron chi connectivity index (χ3n) is 4.53. The molecule has 0 unspecified atom stereocenters. The Kier molecular flexibility index (Phi) is 5.05. The van der Waals surface area contributed by atoms with Crippen LogP contribution >= 0.6 is 22.9 Å². The smallest absolute Gasteiger partial charge is 0.253 e. The lowest BCUT2D eigenvalue weighted by atomic mass is 10.0. The van der Waals surface area contributed by atoms with Crippen molar-refractivity contribution in [3.8, 4) is 0 Å². The third-order valence-corrected chi connectivity index (χ3v) is 5.64. The highest BCUT2D eigenvalue weighted by Gasteiger charge is 2.20. The molecule has 0 saturated carbocycles. The number of hydrogen-bond acceptors (Lipinski definition) is 6. The van der Waals surface area contributed by atoms with Gasteiger partial charge in [0, 0.05) is 48.7 Å². The van der Waals surface area contributed by atoms with Crippen LogP contribution in [0.4, 0.5) is 5.82 Å². The number of hydrogen-bond donors (Lipinski definition) is 1. The number of nitrogens with zero attached hydrogens (tertiary/aromatic N) is 4. The minimum Gasteiger partial charge on any atom is -0.352 e. The highest BCUT2D eigenvalue weighted by atomic mass is 35.5. The predicted octanol–water partition coefficient (Wildman–Crippen LogP) is 3.39. The van der Waals surface area contributed by atoms with Crippen LogP contribution in [0, 0.1) is 6.92 Å². The van der Waals surface area contributed by atoms with E-state index in [1.54, 1.807) is 12.4 Å². The number of amides is 1. The first kappa shape index (κ1) is 17.9. The Morgan fingerprint density at radius 2 is 2.22 bits per heavy atom. The molecule has 138 valence electrons. The van der Waals surface area contributed by atoms with Gasteiger partial charge in [-0.2, -0.15) is 0 Å². The van der Waals surface area contributed by atoms with Gasteiger partial charge in [0.2, 0.25) is 0 Å². The molecule has 1 aliphatic rings. The summed E-state index contributed by atoms with van der Waals surface area (Å²) in [6, 6.07) is 5.96. The van der Waals surface area contributed by atoms with Crippen molar-refractivity contribution in [2.75, 3.05) is 11.4 Å². The second-order valence-electron chi connectivity index (χ2n) is 6.41. The standard InChI is InChI=1S/C19H18ClN5OS/c1-12-7-14(18(26)23-9-15-10-24-19(20)27-15)8-22-17(12)25-6-4-16-13(11-25)3-2-5-21-16/h2-3,5,7-8,10H,4,6,9,11H2,1H3,(H,23,26). The van der Waals surface area contributed by atoms with Crippen LogP contribution in [0.25, 0.3) is 0 Å². The van der Waals surface area contributed by atoms with E-state index in [1.807, 2.05) is 25.3 Å². The lowest BCUT2D eigenvalue weighted by molar-refractivity contribution is 0.0951. The van der Waals surface area contributed by atoms with E-state index < -0.39 is 0 Å². The summed E-state index contributed by atoms with van der Waals surface area (Å²) in [7, 11) is 0. The van der Waals surface area contributed by atoms with Crippen molar-refractivity contribution in [2.24, 2.45) is 0 Å². The van der Waals surface area contributed by atoms with Gasteiger partial charge in [-0.15, -0.1) is 11.3 Å². The summed E-state index contributed by atoms with van der Waals surface area (Å²) in [6.45, 7) is 4.05. The number of rotatable bonds is 4. The number of carbonyl (C=O) groups excluding carboxylic acids is 1. The van der Waals surface area contributed by atoms with Crippen LogP contribution < -0.4 is 10.2 Å². The van der Waals surface area contributed by atoms with Gasteiger partial charge in [0.1, 0.15) is 5.82 Å². The van der Waals surface area contributed by atoms with Crippen LogP contribution in [0.1, 0.15) is 32.1 Å². The minimum atomic E-state index is -0.158. The second kappa shape index (κ2) is 7.62. The van der Waals surface area contributed by atoms with Gasteiger partial charge < -0.3 is 10.2 Å². The molecule has 3 aromatic rings. The van der Waals surface area contributed by atoms with E-state index in [1.165, 1.54) is 16.9 Å². The average Bonchev–Trinajstić information content (AvgIpc) is 3.11. The van der Waals surface area contributed by atoms with Gasteiger partial charge in [-0.3, -0.25) is 9.78 Å². The Labute approximate surface area is 166 Å². The summed E-state index contributed by atoms with van der Waals surface area (Å²) in [5.74, 6) is 0.755. The average molecular weight is 400 g/mol. The van der Waals surface area contributed by atoms with E-state index in [2.05, 4.69) is 31.2 Å². The van der Waals surface area contributed by atoms with Gasteiger partial charge in [0.25, 0.3) is 5.91 Å². The molecule has 4 heterocycles. The van der Waals surface area contributed by atoms with Crippen molar-refractivity contribution < 1.29 is 4.79 Å². The molecule has 3 aromatic heterocycles. The number of aromatic nitrogens is 3. The maximum absolute atomic E-state index is 12.4. The summed E-state index contributed by atoms with van der Waals surface area (Å²) >= 11 is 7.17. The van der Waals surface area contributed by atoms with Crippen LogP contribution in [0.15, 0.2) is 36.8 Å². The summed E-state index contributed by atoms with van der Waals surface area (Å²) < 4.78 is 0.472. The fraction of sp³-hybridized carbons (Fsp3) is 0.263. The molecular weight excluding hydrogens is 382 g/mol. The van der Waals surface area contributed by atoms with Crippen LogP contribution in [-0.4, -0.2) is 27.4 Å². The van der Waals surface area contributed by atoms with E-state index in [0.29, 0.717) is 16.6 Å². The summed E-state index contributed by atoms with van der Waals surface area (Å²) in [5.41, 5.74) is 3.92. The number of anilines is 1. The van der Waals surface area contributed by atoms with E-state index in [4.69, 9.17) is 11.6 Å². The van der Waals surface area contributed by atoms with Gasteiger partial charge in [0.05, 0.1) is 12.1 Å². The molecule has 0 spiro atoms. The number of carbonyl (C=O) groups is 1. The van der Waals surface area contributed by atoms with E-state index in [-0.39, 0.29) is 5.91 Å². The molecule has 8 heteroatoms. The van der Waals surface area contributed by atoms with E-state index >= 15 is 0 Å². The largest absolute Gasteiger partial charge is 0.352 e. The van der Waals surface area contributed by atoms with Gasteiger partial charge in [-0.1, -0.05) is 17.7 Å². The van der Waals surface area contributed by atoms with Crippen LogP contribution in [0.5, 0.6) is 0 Å². The lowest BCUT2D eigenvalue weighted by Gasteiger charge is -2.30. The first-order chi connectivity index (χ1) is 13.1. The quantitative estimate of drug-likeness (QED) is 0.728. The Morgan fingerprint density at radius 3 is 3.00 bits per heavy atom.